The van der Waals surface area contributed by atoms with Gasteiger partial charge in [0.2, 0.25) is 0 Å². The van der Waals surface area contributed by atoms with Gasteiger partial charge in [-0.1, -0.05) is 42.0 Å². The van der Waals surface area contributed by atoms with E-state index < -0.39 is 0 Å². The molecule has 3 nitrogen and oxygen atoms in total. The number of aliphatic hydroxyl groups is 1. The average molecular weight is 238 g/mol. The van der Waals surface area contributed by atoms with Gasteiger partial charge in [-0.05, 0) is 19.5 Å². The van der Waals surface area contributed by atoms with Gasteiger partial charge in [0.05, 0.1) is 17.6 Å². The fraction of sp³-hybridized carbons (Fsp3) is 0.417. The van der Waals surface area contributed by atoms with E-state index in [2.05, 4.69) is 0 Å². The van der Waals surface area contributed by atoms with Crippen LogP contribution in [-0.2, 0) is 0 Å². The molecule has 0 fully saturated rings. The molecule has 0 aromatic heterocycles. The fourth-order valence-electron chi connectivity index (χ4n) is 1.67. The van der Waals surface area contributed by atoms with Crippen LogP contribution in [0.5, 0.6) is 0 Å². The second kappa shape index (κ2) is 5.94. The van der Waals surface area contributed by atoms with E-state index in [0.717, 1.165) is 5.56 Å². The molecule has 0 saturated heterocycles. The molecule has 1 unspecified atom stereocenters. The van der Waals surface area contributed by atoms with Crippen LogP contribution in [0.25, 0.3) is 0 Å². The molecule has 0 bridgehead atoms. The smallest absolute Gasteiger partial charge is 0.0948 e. The Morgan fingerprint density at radius 2 is 2.00 bits per heavy atom. The van der Waals surface area contributed by atoms with E-state index in [1.807, 2.05) is 43.1 Å². The number of benzene rings is 1. The third-order valence-electron chi connectivity index (χ3n) is 2.56. The zero-order valence-electron chi connectivity index (χ0n) is 9.68. The molecule has 0 aliphatic carbocycles. The minimum atomic E-state index is -0.109. The monoisotopic (exact) mass is 238 g/mol. The molecule has 4 heteroatoms. The second-order valence-corrected chi connectivity index (χ2v) is 4.39. The molecular formula is C12H18N2OS. The summed E-state index contributed by atoms with van der Waals surface area (Å²) in [5.41, 5.74) is 8.01. The molecule has 1 aromatic carbocycles. The Morgan fingerprint density at radius 3 is 2.44 bits per heavy atom. The highest BCUT2D eigenvalue weighted by atomic mass is 32.1. The molecule has 0 aliphatic heterocycles. The maximum absolute atomic E-state index is 8.93. The molecule has 16 heavy (non-hydrogen) atoms. The largest absolute Gasteiger partial charge is 0.395 e. The summed E-state index contributed by atoms with van der Waals surface area (Å²) in [4.78, 5) is 2.38. The Kier molecular flexibility index (Phi) is 4.86. The number of likely N-dealkylation sites (N-methyl/N-ethyl adjacent to an activating group) is 1. The standard InChI is InChI=1S/C12H18N2OS/c1-9-3-5-10(6-4-9)11(12(13)16)14(2)7-8-15/h3-6,11,15H,7-8H2,1-2H3,(H2,13,16). The molecule has 1 aromatic rings. The Balaban J connectivity index is 2.93. The van der Waals surface area contributed by atoms with Crippen molar-refractivity contribution in [3.8, 4) is 0 Å². The minimum Gasteiger partial charge on any atom is -0.395 e. The van der Waals surface area contributed by atoms with Gasteiger partial charge < -0.3 is 10.8 Å². The summed E-state index contributed by atoms with van der Waals surface area (Å²) in [7, 11) is 1.90. The molecule has 1 rings (SSSR count). The van der Waals surface area contributed by atoms with Crippen LogP contribution in [0.15, 0.2) is 24.3 Å². The lowest BCUT2D eigenvalue weighted by Crippen LogP contribution is -2.35. The number of rotatable bonds is 5. The Hall–Kier alpha value is -0.970. The fourth-order valence-corrected chi connectivity index (χ4v) is 1.99. The lowest BCUT2D eigenvalue weighted by molar-refractivity contribution is 0.207. The van der Waals surface area contributed by atoms with E-state index >= 15 is 0 Å². The third-order valence-corrected chi connectivity index (χ3v) is 2.78. The molecule has 0 saturated carbocycles. The van der Waals surface area contributed by atoms with Gasteiger partial charge in [0.15, 0.2) is 0 Å². The number of thiocarbonyl (C=S) groups is 1. The number of aliphatic hydroxyl groups excluding tert-OH is 1. The molecule has 0 spiro atoms. The van der Waals surface area contributed by atoms with Gasteiger partial charge in [-0.15, -0.1) is 0 Å². The summed E-state index contributed by atoms with van der Waals surface area (Å²) >= 11 is 5.08. The van der Waals surface area contributed by atoms with E-state index in [-0.39, 0.29) is 12.6 Å². The molecule has 88 valence electrons. The Bertz CT molecular complexity index is 351. The maximum Gasteiger partial charge on any atom is 0.0948 e. The van der Waals surface area contributed by atoms with Gasteiger partial charge in [0, 0.05) is 6.54 Å². The van der Waals surface area contributed by atoms with Crippen LogP contribution in [-0.4, -0.2) is 35.2 Å². The zero-order chi connectivity index (χ0) is 12.1. The van der Waals surface area contributed by atoms with E-state index in [4.69, 9.17) is 23.1 Å². The van der Waals surface area contributed by atoms with Crippen molar-refractivity contribution in [3.63, 3.8) is 0 Å². The molecule has 3 N–H and O–H groups in total. The van der Waals surface area contributed by atoms with Crippen molar-refractivity contribution >= 4 is 17.2 Å². The molecule has 0 aliphatic rings. The van der Waals surface area contributed by atoms with Crippen molar-refractivity contribution in [3.05, 3.63) is 35.4 Å². The van der Waals surface area contributed by atoms with Gasteiger partial charge in [-0.2, -0.15) is 0 Å². The van der Waals surface area contributed by atoms with Crippen LogP contribution in [0.1, 0.15) is 17.2 Å². The highest BCUT2D eigenvalue weighted by Gasteiger charge is 2.19. The Morgan fingerprint density at radius 1 is 1.44 bits per heavy atom. The van der Waals surface area contributed by atoms with Crippen LogP contribution in [0.2, 0.25) is 0 Å². The summed E-state index contributed by atoms with van der Waals surface area (Å²) in [5.74, 6) is 0. The van der Waals surface area contributed by atoms with Crippen molar-refractivity contribution < 1.29 is 5.11 Å². The minimum absolute atomic E-state index is 0.0987. The summed E-state index contributed by atoms with van der Waals surface area (Å²) in [5, 5.41) is 8.93. The molecular weight excluding hydrogens is 220 g/mol. The van der Waals surface area contributed by atoms with E-state index in [0.29, 0.717) is 11.5 Å². The average Bonchev–Trinajstić information content (AvgIpc) is 2.21. The molecule has 1 atom stereocenters. The van der Waals surface area contributed by atoms with Crippen molar-refractivity contribution in [2.45, 2.75) is 13.0 Å². The number of hydrogen-bond donors (Lipinski definition) is 2. The highest BCUT2D eigenvalue weighted by molar-refractivity contribution is 7.80. The number of hydrogen-bond acceptors (Lipinski definition) is 3. The van der Waals surface area contributed by atoms with Crippen molar-refractivity contribution in [1.29, 1.82) is 0 Å². The van der Waals surface area contributed by atoms with Gasteiger partial charge >= 0.3 is 0 Å². The van der Waals surface area contributed by atoms with Crippen LogP contribution in [0, 0.1) is 6.92 Å². The number of aryl methyl sites for hydroxylation is 1. The lowest BCUT2D eigenvalue weighted by Gasteiger charge is -2.26. The third kappa shape index (κ3) is 3.27. The quantitative estimate of drug-likeness (QED) is 0.758. The van der Waals surface area contributed by atoms with Crippen LogP contribution >= 0.6 is 12.2 Å². The zero-order valence-corrected chi connectivity index (χ0v) is 10.5. The van der Waals surface area contributed by atoms with Crippen molar-refractivity contribution in [2.24, 2.45) is 5.73 Å². The first kappa shape index (κ1) is 13.1. The van der Waals surface area contributed by atoms with Gasteiger partial charge in [0.1, 0.15) is 0 Å². The first-order valence-corrected chi connectivity index (χ1v) is 5.64. The lowest BCUT2D eigenvalue weighted by atomic mass is 10.0. The predicted molar refractivity (Wildman–Crippen MR) is 70.4 cm³/mol. The maximum atomic E-state index is 8.93. The van der Waals surface area contributed by atoms with Crippen LogP contribution < -0.4 is 5.73 Å². The van der Waals surface area contributed by atoms with E-state index in [1.54, 1.807) is 0 Å². The van der Waals surface area contributed by atoms with E-state index in [1.165, 1.54) is 5.56 Å². The second-order valence-electron chi connectivity index (χ2n) is 3.92. The SMILES string of the molecule is Cc1ccc(C(C(N)=S)N(C)CCO)cc1. The summed E-state index contributed by atoms with van der Waals surface area (Å²) < 4.78 is 0. The predicted octanol–water partition coefficient (Wildman–Crippen LogP) is 1.25. The molecule has 0 radical (unpaired) electrons. The molecule has 0 amide bonds. The molecule has 0 heterocycles. The first-order chi connectivity index (χ1) is 7.56. The van der Waals surface area contributed by atoms with Crippen LogP contribution in [0.4, 0.5) is 0 Å². The normalized spacial score (nSPS) is 12.8. The topological polar surface area (TPSA) is 49.5 Å². The highest BCUT2D eigenvalue weighted by Crippen LogP contribution is 2.19. The summed E-state index contributed by atoms with van der Waals surface area (Å²) in [6.45, 7) is 2.69. The number of nitrogens with two attached hydrogens (primary N) is 1. The van der Waals surface area contributed by atoms with Gasteiger partial charge in [-0.25, -0.2) is 0 Å². The Labute approximate surface area is 102 Å². The van der Waals surface area contributed by atoms with Crippen LogP contribution in [0.3, 0.4) is 0 Å². The summed E-state index contributed by atoms with van der Waals surface area (Å²) in [6.07, 6.45) is 0. The number of nitrogens with zero attached hydrogens (tertiary/aromatic N) is 1. The van der Waals surface area contributed by atoms with E-state index in [9.17, 15) is 0 Å². The van der Waals surface area contributed by atoms with Gasteiger partial charge in [-0.3, -0.25) is 4.90 Å². The van der Waals surface area contributed by atoms with Crippen molar-refractivity contribution in [1.82, 2.24) is 4.90 Å². The van der Waals surface area contributed by atoms with Crippen molar-refractivity contribution in [2.75, 3.05) is 20.2 Å². The van der Waals surface area contributed by atoms with Gasteiger partial charge in [0.25, 0.3) is 0 Å². The first-order valence-electron chi connectivity index (χ1n) is 5.23. The summed E-state index contributed by atoms with van der Waals surface area (Å²) in [6, 6.07) is 8.00.